The number of carbonyl (C=O) groups is 3. The molecule has 0 bridgehead atoms. The van der Waals surface area contributed by atoms with E-state index in [1.165, 1.54) is 36.0 Å². The molecule has 1 heterocycles. The maximum Gasteiger partial charge on any atom is 0.313 e. The highest BCUT2D eigenvalue weighted by atomic mass is 32.2. The minimum Gasteiger partial charge on any atom is -0.466 e. The number of nitrogens with zero attached hydrogens (tertiary/aromatic N) is 1. The van der Waals surface area contributed by atoms with Crippen LogP contribution in [0.5, 0.6) is 0 Å². The van der Waals surface area contributed by atoms with Gasteiger partial charge in [0.25, 0.3) is 0 Å². The van der Waals surface area contributed by atoms with Gasteiger partial charge in [-0.15, -0.1) is 11.8 Å². The molecule has 1 aromatic rings. The fraction of sp³-hybridized carbons (Fsp3) is 0.500. The van der Waals surface area contributed by atoms with Crippen molar-refractivity contribution in [1.29, 1.82) is 0 Å². The van der Waals surface area contributed by atoms with Gasteiger partial charge >= 0.3 is 5.97 Å². The molecule has 1 N–H and O–H groups in total. The Labute approximate surface area is 156 Å². The number of halogens is 1. The van der Waals surface area contributed by atoms with E-state index < -0.39 is 5.41 Å². The number of hydrogen-bond acceptors (Lipinski definition) is 5. The highest BCUT2D eigenvalue weighted by molar-refractivity contribution is 8.00. The lowest BCUT2D eigenvalue weighted by atomic mass is 9.90. The SMILES string of the molecule is CCOC(=O)[C@@]1(C)CCN(C(=O)CSCC(=O)Nc2ccc(F)cc2)C1. The first-order valence-electron chi connectivity index (χ1n) is 8.42. The van der Waals surface area contributed by atoms with Crippen LogP contribution in [0.15, 0.2) is 24.3 Å². The van der Waals surface area contributed by atoms with Crippen molar-refractivity contribution in [2.45, 2.75) is 20.3 Å². The van der Waals surface area contributed by atoms with Crippen molar-refractivity contribution in [3.8, 4) is 0 Å². The Kier molecular flexibility index (Phi) is 7.02. The second kappa shape index (κ2) is 9.02. The van der Waals surface area contributed by atoms with Crippen LogP contribution in [0, 0.1) is 11.2 Å². The highest BCUT2D eigenvalue weighted by Gasteiger charge is 2.43. The van der Waals surface area contributed by atoms with Gasteiger partial charge in [0.05, 0.1) is 23.5 Å². The zero-order chi connectivity index (χ0) is 19.2. The average molecular weight is 382 g/mol. The Morgan fingerprint density at radius 1 is 1.27 bits per heavy atom. The Balaban J connectivity index is 1.72. The van der Waals surface area contributed by atoms with E-state index in [0.29, 0.717) is 31.8 Å². The van der Waals surface area contributed by atoms with Crippen LogP contribution in [0.25, 0.3) is 0 Å². The molecule has 8 heteroatoms. The van der Waals surface area contributed by atoms with Crippen molar-refractivity contribution in [1.82, 2.24) is 4.90 Å². The van der Waals surface area contributed by atoms with E-state index >= 15 is 0 Å². The summed E-state index contributed by atoms with van der Waals surface area (Å²) in [5.41, 5.74) is -0.149. The van der Waals surface area contributed by atoms with Crippen molar-refractivity contribution in [2.75, 3.05) is 36.5 Å². The zero-order valence-corrected chi connectivity index (χ0v) is 15.7. The molecule has 0 aromatic heterocycles. The van der Waals surface area contributed by atoms with Crippen LogP contribution in [0.4, 0.5) is 10.1 Å². The third kappa shape index (κ3) is 5.45. The van der Waals surface area contributed by atoms with Crippen LogP contribution < -0.4 is 5.32 Å². The van der Waals surface area contributed by atoms with Crippen LogP contribution in [0.1, 0.15) is 20.3 Å². The molecule has 1 fully saturated rings. The molecule has 1 saturated heterocycles. The van der Waals surface area contributed by atoms with Gasteiger partial charge in [-0.1, -0.05) is 0 Å². The molecule has 1 aromatic carbocycles. The fourth-order valence-corrected chi connectivity index (χ4v) is 3.42. The maximum absolute atomic E-state index is 12.8. The topological polar surface area (TPSA) is 75.7 Å². The molecule has 26 heavy (non-hydrogen) atoms. The summed E-state index contributed by atoms with van der Waals surface area (Å²) < 4.78 is 17.9. The molecule has 1 aliphatic heterocycles. The standard InChI is InChI=1S/C18H23FN2O4S/c1-3-25-17(24)18(2)8-9-21(12-18)16(23)11-26-10-15(22)20-14-6-4-13(19)5-7-14/h4-7H,3,8-12H2,1-2H3,(H,20,22)/t18-/m0/s1. The van der Waals surface area contributed by atoms with Crippen molar-refractivity contribution in [3.05, 3.63) is 30.1 Å². The van der Waals surface area contributed by atoms with Crippen LogP contribution in [-0.2, 0) is 19.1 Å². The van der Waals surface area contributed by atoms with E-state index in [1.807, 2.05) is 6.92 Å². The molecule has 1 aliphatic rings. The van der Waals surface area contributed by atoms with Crippen molar-refractivity contribution in [2.24, 2.45) is 5.41 Å². The van der Waals surface area contributed by atoms with E-state index in [2.05, 4.69) is 5.32 Å². The zero-order valence-electron chi connectivity index (χ0n) is 14.9. The Hall–Kier alpha value is -2.09. The van der Waals surface area contributed by atoms with Crippen molar-refractivity contribution in [3.63, 3.8) is 0 Å². The summed E-state index contributed by atoms with van der Waals surface area (Å²) in [4.78, 5) is 37.8. The first kappa shape index (κ1) is 20.2. The summed E-state index contributed by atoms with van der Waals surface area (Å²) in [6, 6.07) is 5.48. The lowest BCUT2D eigenvalue weighted by Gasteiger charge is -2.22. The lowest BCUT2D eigenvalue weighted by molar-refractivity contribution is -0.153. The quantitative estimate of drug-likeness (QED) is 0.733. The monoisotopic (exact) mass is 382 g/mol. The third-order valence-corrected chi connectivity index (χ3v) is 5.10. The van der Waals surface area contributed by atoms with Gasteiger partial charge in [0.1, 0.15) is 5.82 Å². The van der Waals surface area contributed by atoms with Crippen LogP contribution >= 0.6 is 11.8 Å². The number of hydrogen-bond donors (Lipinski definition) is 1. The fourth-order valence-electron chi connectivity index (χ4n) is 2.70. The molecule has 142 valence electrons. The van der Waals surface area contributed by atoms with Gasteiger partial charge < -0.3 is 15.0 Å². The predicted molar refractivity (Wildman–Crippen MR) is 98.3 cm³/mol. The van der Waals surface area contributed by atoms with Crippen molar-refractivity contribution < 1.29 is 23.5 Å². The summed E-state index contributed by atoms with van der Waals surface area (Å²) in [7, 11) is 0. The molecule has 0 saturated carbocycles. The minimum atomic E-state index is -0.656. The molecular weight excluding hydrogens is 359 g/mol. The number of thioether (sulfide) groups is 1. The number of benzene rings is 1. The summed E-state index contributed by atoms with van der Waals surface area (Å²) in [6.07, 6.45) is 0.577. The number of nitrogens with one attached hydrogen (secondary N) is 1. The summed E-state index contributed by atoms with van der Waals surface area (Å²) >= 11 is 1.20. The number of ether oxygens (including phenoxy) is 1. The van der Waals surface area contributed by atoms with E-state index in [-0.39, 0.29) is 35.1 Å². The molecule has 0 radical (unpaired) electrons. The summed E-state index contributed by atoms with van der Waals surface area (Å²) in [5, 5.41) is 2.64. The number of likely N-dealkylation sites (tertiary alicyclic amines) is 1. The van der Waals surface area contributed by atoms with Gasteiger partial charge in [-0.25, -0.2) is 4.39 Å². The molecule has 2 amide bonds. The molecule has 2 rings (SSSR count). The largest absolute Gasteiger partial charge is 0.466 e. The van der Waals surface area contributed by atoms with Crippen LogP contribution in [-0.4, -0.2) is 53.9 Å². The third-order valence-electron chi connectivity index (χ3n) is 4.18. The molecule has 0 unspecified atom stereocenters. The first-order valence-corrected chi connectivity index (χ1v) is 9.57. The van der Waals surface area contributed by atoms with Gasteiger partial charge in [-0.2, -0.15) is 0 Å². The average Bonchev–Trinajstić information content (AvgIpc) is 3.01. The van der Waals surface area contributed by atoms with Gasteiger partial charge in [-0.05, 0) is 44.5 Å². The highest BCUT2D eigenvalue weighted by Crippen LogP contribution is 2.31. The van der Waals surface area contributed by atoms with Crippen LogP contribution in [0.2, 0.25) is 0 Å². The molecule has 1 atom stereocenters. The van der Waals surface area contributed by atoms with Gasteiger partial charge in [-0.3, -0.25) is 14.4 Å². The Morgan fingerprint density at radius 2 is 1.96 bits per heavy atom. The van der Waals surface area contributed by atoms with Gasteiger partial charge in [0.2, 0.25) is 11.8 Å². The Morgan fingerprint density at radius 3 is 2.62 bits per heavy atom. The van der Waals surface area contributed by atoms with Crippen LogP contribution in [0.3, 0.4) is 0 Å². The molecule has 6 nitrogen and oxygen atoms in total. The second-order valence-corrected chi connectivity index (χ2v) is 7.38. The molecule has 0 aliphatic carbocycles. The molecular formula is C18H23FN2O4S. The Bertz CT molecular complexity index is 668. The lowest BCUT2D eigenvalue weighted by Crippen LogP contribution is -2.36. The van der Waals surface area contributed by atoms with Crippen molar-refractivity contribution >= 4 is 35.2 Å². The number of esters is 1. The second-order valence-electron chi connectivity index (χ2n) is 6.39. The maximum atomic E-state index is 12.8. The number of anilines is 1. The predicted octanol–water partition coefficient (Wildman–Crippen LogP) is 2.30. The van der Waals surface area contributed by atoms with E-state index in [9.17, 15) is 18.8 Å². The number of carbonyl (C=O) groups excluding carboxylic acids is 3. The van der Waals surface area contributed by atoms with Gasteiger partial charge in [0.15, 0.2) is 0 Å². The van der Waals surface area contributed by atoms with E-state index in [4.69, 9.17) is 4.74 Å². The number of rotatable bonds is 7. The van der Waals surface area contributed by atoms with Gasteiger partial charge in [0, 0.05) is 18.8 Å². The van der Waals surface area contributed by atoms with E-state index in [1.54, 1.807) is 11.8 Å². The first-order chi connectivity index (χ1) is 12.3. The summed E-state index contributed by atoms with van der Waals surface area (Å²) in [6.45, 7) is 4.74. The summed E-state index contributed by atoms with van der Waals surface area (Å²) in [5.74, 6) is -0.725. The smallest absolute Gasteiger partial charge is 0.313 e. The minimum absolute atomic E-state index is 0.0994. The van der Waals surface area contributed by atoms with E-state index in [0.717, 1.165) is 0 Å². The molecule has 0 spiro atoms. The normalized spacial score (nSPS) is 19.3. The number of amides is 2.